The Hall–Kier alpha value is -1.70. The summed E-state index contributed by atoms with van der Waals surface area (Å²) in [5.41, 5.74) is 1.94. The SMILES string of the molecule is CO[C@@H]1CN(Cc2c[nH]c3c(=O)[nH]cnc23)CC1O. The highest BCUT2D eigenvalue weighted by Gasteiger charge is 2.31. The first-order chi connectivity index (χ1) is 9.19. The molecule has 1 unspecified atom stereocenters. The van der Waals surface area contributed by atoms with Crippen LogP contribution in [0.1, 0.15) is 5.56 Å². The molecule has 3 N–H and O–H groups in total. The van der Waals surface area contributed by atoms with E-state index in [1.807, 2.05) is 0 Å². The van der Waals surface area contributed by atoms with Crippen molar-refractivity contribution in [3.63, 3.8) is 0 Å². The molecule has 1 saturated heterocycles. The van der Waals surface area contributed by atoms with Crippen LogP contribution in [-0.2, 0) is 11.3 Å². The lowest BCUT2D eigenvalue weighted by molar-refractivity contribution is 0.0215. The van der Waals surface area contributed by atoms with E-state index in [0.717, 1.165) is 5.56 Å². The standard InChI is InChI=1S/C12H16N4O3/c1-19-9-5-16(4-8(9)17)3-7-2-13-11-10(7)14-6-15-12(11)18/h2,6,8-9,13,17H,3-5H2,1H3,(H,14,15,18)/t8?,9-/m1/s1. The van der Waals surface area contributed by atoms with Gasteiger partial charge in [-0.05, 0) is 0 Å². The Kier molecular flexibility index (Phi) is 3.09. The zero-order valence-electron chi connectivity index (χ0n) is 10.6. The predicted octanol–water partition coefficient (Wildman–Crippen LogP) is -0.557. The van der Waals surface area contributed by atoms with E-state index in [1.54, 1.807) is 13.3 Å². The molecule has 7 heteroatoms. The van der Waals surface area contributed by atoms with E-state index in [1.165, 1.54) is 6.33 Å². The number of H-pyrrole nitrogens is 2. The molecule has 0 bridgehead atoms. The Balaban J connectivity index is 1.83. The molecule has 2 aromatic rings. The van der Waals surface area contributed by atoms with Crippen LogP contribution in [0.4, 0.5) is 0 Å². The van der Waals surface area contributed by atoms with E-state index in [4.69, 9.17) is 4.74 Å². The minimum absolute atomic E-state index is 0.151. The fraction of sp³-hybridized carbons (Fsp3) is 0.500. The molecule has 19 heavy (non-hydrogen) atoms. The van der Waals surface area contributed by atoms with Crippen LogP contribution in [0.15, 0.2) is 17.3 Å². The van der Waals surface area contributed by atoms with Gasteiger partial charge >= 0.3 is 0 Å². The zero-order valence-corrected chi connectivity index (χ0v) is 10.6. The van der Waals surface area contributed by atoms with Gasteiger partial charge < -0.3 is 19.8 Å². The lowest BCUT2D eigenvalue weighted by atomic mass is 10.2. The number of hydrogen-bond acceptors (Lipinski definition) is 5. The number of methoxy groups -OCH3 is 1. The van der Waals surface area contributed by atoms with Crippen molar-refractivity contribution >= 4 is 11.0 Å². The summed E-state index contributed by atoms with van der Waals surface area (Å²) in [5, 5.41) is 9.80. The molecule has 0 aromatic carbocycles. The Morgan fingerprint density at radius 2 is 2.37 bits per heavy atom. The van der Waals surface area contributed by atoms with E-state index in [0.29, 0.717) is 30.7 Å². The molecule has 1 aliphatic heterocycles. The van der Waals surface area contributed by atoms with Crippen LogP contribution in [0.3, 0.4) is 0 Å². The number of aromatic amines is 2. The summed E-state index contributed by atoms with van der Waals surface area (Å²) in [5.74, 6) is 0. The van der Waals surface area contributed by atoms with Crippen molar-refractivity contribution in [3.05, 3.63) is 28.4 Å². The second-order valence-corrected chi connectivity index (χ2v) is 4.80. The predicted molar refractivity (Wildman–Crippen MR) is 68.8 cm³/mol. The Morgan fingerprint density at radius 3 is 3.11 bits per heavy atom. The van der Waals surface area contributed by atoms with E-state index < -0.39 is 6.10 Å². The number of likely N-dealkylation sites (tertiary alicyclic amines) is 1. The number of nitrogens with one attached hydrogen (secondary N) is 2. The molecule has 0 amide bonds. The molecular weight excluding hydrogens is 248 g/mol. The number of aliphatic hydroxyl groups is 1. The highest BCUT2D eigenvalue weighted by Crippen LogP contribution is 2.19. The summed E-state index contributed by atoms with van der Waals surface area (Å²) in [6.45, 7) is 1.87. The van der Waals surface area contributed by atoms with Crippen LogP contribution < -0.4 is 5.56 Å². The molecule has 7 nitrogen and oxygen atoms in total. The largest absolute Gasteiger partial charge is 0.389 e. The summed E-state index contributed by atoms with van der Waals surface area (Å²) in [7, 11) is 1.60. The molecule has 1 aliphatic rings. The zero-order chi connectivity index (χ0) is 13.4. The number of ether oxygens (including phenoxy) is 1. The molecule has 0 spiro atoms. The second-order valence-electron chi connectivity index (χ2n) is 4.80. The Bertz CT molecular complexity index is 635. The van der Waals surface area contributed by atoms with Gasteiger partial charge in [0, 0.05) is 38.5 Å². The normalized spacial score (nSPS) is 24.3. The monoisotopic (exact) mass is 264 g/mol. The van der Waals surface area contributed by atoms with Gasteiger partial charge in [-0.2, -0.15) is 0 Å². The first kappa shape index (κ1) is 12.3. The number of fused-ring (bicyclic) bond motifs is 1. The fourth-order valence-electron chi connectivity index (χ4n) is 2.56. The number of aromatic nitrogens is 3. The van der Waals surface area contributed by atoms with Gasteiger partial charge in [0.2, 0.25) is 0 Å². The fourth-order valence-corrected chi connectivity index (χ4v) is 2.56. The molecular formula is C12H16N4O3. The van der Waals surface area contributed by atoms with Gasteiger partial charge in [-0.25, -0.2) is 4.98 Å². The number of hydrogen-bond donors (Lipinski definition) is 3. The minimum Gasteiger partial charge on any atom is -0.389 e. The van der Waals surface area contributed by atoms with E-state index in [-0.39, 0.29) is 11.7 Å². The molecule has 0 saturated carbocycles. The van der Waals surface area contributed by atoms with Crippen molar-refractivity contribution in [2.45, 2.75) is 18.8 Å². The van der Waals surface area contributed by atoms with Crippen molar-refractivity contribution < 1.29 is 9.84 Å². The number of β-amino-alcohol motifs (C(OH)–C–C–N with tert-alkyl or cyclic N) is 1. The summed E-state index contributed by atoms with van der Waals surface area (Å²) >= 11 is 0. The van der Waals surface area contributed by atoms with Crippen LogP contribution in [0, 0.1) is 0 Å². The van der Waals surface area contributed by atoms with Crippen LogP contribution >= 0.6 is 0 Å². The highest BCUT2D eigenvalue weighted by atomic mass is 16.5. The van der Waals surface area contributed by atoms with Crippen molar-refractivity contribution in [2.24, 2.45) is 0 Å². The average Bonchev–Trinajstić information content (AvgIpc) is 2.95. The van der Waals surface area contributed by atoms with Gasteiger partial charge in [0.25, 0.3) is 5.56 Å². The quantitative estimate of drug-likeness (QED) is 0.691. The summed E-state index contributed by atoms with van der Waals surface area (Å²) < 4.78 is 5.21. The Labute approximate surface area is 109 Å². The van der Waals surface area contributed by atoms with Crippen molar-refractivity contribution in [3.8, 4) is 0 Å². The number of rotatable bonds is 3. The summed E-state index contributed by atoms with van der Waals surface area (Å²) in [6, 6.07) is 0. The lowest BCUT2D eigenvalue weighted by Crippen LogP contribution is -2.25. The van der Waals surface area contributed by atoms with Gasteiger partial charge in [0.15, 0.2) is 0 Å². The van der Waals surface area contributed by atoms with E-state index in [2.05, 4.69) is 19.9 Å². The van der Waals surface area contributed by atoms with Crippen LogP contribution in [0.2, 0.25) is 0 Å². The van der Waals surface area contributed by atoms with E-state index in [9.17, 15) is 9.90 Å². The number of aliphatic hydroxyl groups excluding tert-OH is 1. The number of nitrogens with zero attached hydrogens (tertiary/aromatic N) is 2. The molecule has 1 fully saturated rings. The molecule has 3 rings (SSSR count). The summed E-state index contributed by atoms with van der Waals surface area (Å²) in [4.78, 5) is 23.3. The van der Waals surface area contributed by atoms with Crippen LogP contribution in [0.25, 0.3) is 11.0 Å². The maximum Gasteiger partial charge on any atom is 0.275 e. The van der Waals surface area contributed by atoms with Crippen LogP contribution in [-0.4, -0.2) is 57.4 Å². The lowest BCUT2D eigenvalue weighted by Gasteiger charge is -2.13. The van der Waals surface area contributed by atoms with E-state index >= 15 is 0 Å². The van der Waals surface area contributed by atoms with Gasteiger partial charge in [0.05, 0.1) is 24.1 Å². The van der Waals surface area contributed by atoms with Crippen molar-refractivity contribution in [1.82, 2.24) is 19.9 Å². The second kappa shape index (κ2) is 4.76. The van der Waals surface area contributed by atoms with Crippen LogP contribution in [0.5, 0.6) is 0 Å². The first-order valence-corrected chi connectivity index (χ1v) is 6.16. The third kappa shape index (κ3) is 2.16. The Morgan fingerprint density at radius 1 is 1.53 bits per heavy atom. The van der Waals surface area contributed by atoms with Crippen molar-refractivity contribution in [1.29, 1.82) is 0 Å². The van der Waals surface area contributed by atoms with Gasteiger partial charge in [-0.15, -0.1) is 0 Å². The highest BCUT2D eigenvalue weighted by molar-refractivity contribution is 5.77. The third-order valence-electron chi connectivity index (χ3n) is 3.56. The minimum atomic E-state index is -0.466. The smallest absolute Gasteiger partial charge is 0.275 e. The third-order valence-corrected chi connectivity index (χ3v) is 3.56. The summed E-state index contributed by atoms with van der Waals surface area (Å²) in [6.07, 6.45) is 2.58. The molecule has 0 radical (unpaired) electrons. The molecule has 2 aromatic heterocycles. The van der Waals surface area contributed by atoms with Gasteiger partial charge in [0.1, 0.15) is 5.52 Å². The molecule has 3 heterocycles. The first-order valence-electron chi connectivity index (χ1n) is 6.16. The maximum absolute atomic E-state index is 11.6. The average molecular weight is 264 g/mol. The van der Waals surface area contributed by atoms with Gasteiger partial charge in [-0.1, -0.05) is 0 Å². The molecule has 2 atom stereocenters. The molecule has 0 aliphatic carbocycles. The van der Waals surface area contributed by atoms with Crippen molar-refractivity contribution in [2.75, 3.05) is 20.2 Å². The topological polar surface area (TPSA) is 94.2 Å². The maximum atomic E-state index is 11.6. The van der Waals surface area contributed by atoms with Gasteiger partial charge in [-0.3, -0.25) is 9.69 Å². The molecule has 102 valence electrons.